The van der Waals surface area contributed by atoms with Crippen LogP contribution in [0.5, 0.6) is 0 Å². The molecular formula is C17H16ClNO. The molecule has 1 unspecified atom stereocenters. The summed E-state index contributed by atoms with van der Waals surface area (Å²) >= 11 is 6.30. The van der Waals surface area contributed by atoms with Gasteiger partial charge in [-0.3, -0.25) is 0 Å². The molecule has 0 aliphatic carbocycles. The quantitative estimate of drug-likeness (QED) is 0.754. The van der Waals surface area contributed by atoms with Crippen molar-refractivity contribution in [1.82, 2.24) is 5.32 Å². The highest BCUT2D eigenvalue weighted by molar-refractivity contribution is 6.31. The van der Waals surface area contributed by atoms with Crippen molar-refractivity contribution >= 4 is 22.6 Å². The van der Waals surface area contributed by atoms with Gasteiger partial charge in [0, 0.05) is 10.4 Å². The molecule has 0 fully saturated rings. The van der Waals surface area contributed by atoms with Crippen LogP contribution in [0.15, 0.2) is 52.9 Å². The van der Waals surface area contributed by atoms with Crippen LogP contribution in [0.2, 0.25) is 5.02 Å². The van der Waals surface area contributed by atoms with Crippen LogP contribution in [0.3, 0.4) is 0 Å². The summed E-state index contributed by atoms with van der Waals surface area (Å²) in [5.74, 6) is 0.880. The van der Waals surface area contributed by atoms with Crippen molar-refractivity contribution in [3.63, 3.8) is 0 Å². The van der Waals surface area contributed by atoms with Crippen molar-refractivity contribution in [3.05, 3.63) is 70.4 Å². The van der Waals surface area contributed by atoms with Crippen molar-refractivity contribution in [2.24, 2.45) is 0 Å². The number of hydrogen-bond acceptors (Lipinski definition) is 2. The van der Waals surface area contributed by atoms with Gasteiger partial charge in [-0.1, -0.05) is 48.0 Å². The number of rotatable bonds is 3. The zero-order chi connectivity index (χ0) is 14.1. The number of aryl methyl sites for hydroxylation is 1. The predicted molar refractivity (Wildman–Crippen MR) is 83.3 cm³/mol. The average Bonchev–Trinajstić information content (AvgIpc) is 2.87. The van der Waals surface area contributed by atoms with Gasteiger partial charge in [0.15, 0.2) is 0 Å². The van der Waals surface area contributed by atoms with Crippen LogP contribution in [0.4, 0.5) is 0 Å². The minimum atomic E-state index is -0.0458. The lowest BCUT2D eigenvalue weighted by molar-refractivity contribution is 0.490. The van der Waals surface area contributed by atoms with Crippen LogP contribution in [-0.2, 0) is 0 Å². The topological polar surface area (TPSA) is 25.2 Å². The van der Waals surface area contributed by atoms with E-state index in [1.54, 1.807) is 0 Å². The first-order chi connectivity index (χ1) is 9.70. The molecule has 0 bridgehead atoms. The second-order valence-corrected chi connectivity index (χ2v) is 5.29. The first-order valence-electron chi connectivity index (χ1n) is 6.61. The van der Waals surface area contributed by atoms with Gasteiger partial charge in [-0.2, -0.15) is 0 Å². The Bertz CT molecular complexity index is 748. The minimum Gasteiger partial charge on any atom is -0.459 e. The molecule has 3 heteroatoms. The van der Waals surface area contributed by atoms with Crippen LogP contribution in [0.1, 0.15) is 22.9 Å². The standard InChI is InChI=1S/C17H16ClNO/c1-11-6-5-7-12-10-15(20-17(11)12)16(19-2)13-8-3-4-9-14(13)18/h3-10,16,19H,1-2H3. The van der Waals surface area contributed by atoms with Gasteiger partial charge < -0.3 is 9.73 Å². The average molecular weight is 286 g/mol. The molecule has 1 heterocycles. The summed E-state index contributed by atoms with van der Waals surface area (Å²) in [6.07, 6.45) is 0. The summed E-state index contributed by atoms with van der Waals surface area (Å²) in [5.41, 5.74) is 3.10. The fourth-order valence-electron chi connectivity index (χ4n) is 2.53. The second kappa shape index (κ2) is 5.31. The molecule has 0 aliphatic heterocycles. The number of para-hydroxylation sites is 1. The molecule has 0 radical (unpaired) electrons. The van der Waals surface area contributed by atoms with Gasteiger partial charge in [0.1, 0.15) is 11.3 Å². The van der Waals surface area contributed by atoms with Gasteiger partial charge >= 0.3 is 0 Å². The zero-order valence-electron chi connectivity index (χ0n) is 11.5. The molecular weight excluding hydrogens is 270 g/mol. The monoisotopic (exact) mass is 285 g/mol. The number of nitrogens with one attached hydrogen (secondary N) is 1. The third-order valence-electron chi connectivity index (χ3n) is 3.55. The van der Waals surface area contributed by atoms with Crippen molar-refractivity contribution in [2.45, 2.75) is 13.0 Å². The van der Waals surface area contributed by atoms with E-state index >= 15 is 0 Å². The lowest BCUT2D eigenvalue weighted by Gasteiger charge is -2.15. The third-order valence-corrected chi connectivity index (χ3v) is 3.89. The molecule has 1 N–H and O–H groups in total. The van der Waals surface area contributed by atoms with Gasteiger partial charge in [0.25, 0.3) is 0 Å². The molecule has 1 atom stereocenters. The van der Waals surface area contributed by atoms with Gasteiger partial charge in [0.2, 0.25) is 0 Å². The van der Waals surface area contributed by atoms with Crippen LogP contribution < -0.4 is 5.32 Å². The number of benzene rings is 2. The Hall–Kier alpha value is -1.77. The number of fused-ring (bicyclic) bond motifs is 1. The first kappa shape index (κ1) is 13.2. The Morgan fingerprint density at radius 2 is 1.90 bits per heavy atom. The van der Waals surface area contributed by atoms with Crippen molar-refractivity contribution < 1.29 is 4.42 Å². The minimum absolute atomic E-state index is 0.0458. The molecule has 0 saturated heterocycles. The van der Waals surface area contributed by atoms with Gasteiger partial charge in [-0.15, -0.1) is 0 Å². The van der Waals surface area contributed by atoms with Crippen LogP contribution in [0, 0.1) is 6.92 Å². The maximum Gasteiger partial charge on any atom is 0.137 e. The van der Waals surface area contributed by atoms with Crippen molar-refractivity contribution in [1.29, 1.82) is 0 Å². The van der Waals surface area contributed by atoms with Crippen LogP contribution in [0.25, 0.3) is 11.0 Å². The van der Waals surface area contributed by atoms with E-state index in [-0.39, 0.29) is 6.04 Å². The van der Waals surface area contributed by atoms with Crippen LogP contribution in [-0.4, -0.2) is 7.05 Å². The highest BCUT2D eigenvalue weighted by atomic mass is 35.5. The molecule has 0 saturated carbocycles. The maximum absolute atomic E-state index is 6.30. The highest BCUT2D eigenvalue weighted by Gasteiger charge is 2.19. The SMILES string of the molecule is CNC(c1cc2cccc(C)c2o1)c1ccccc1Cl. The van der Waals surface area contributed by atoms with E-state index in [2.05, 4.69) is 30.4 Å². The third kappa shape index (κ3) is 2.21. The van der Waals surface area contributed by atoms with Crippen molar-refractivity contribution in [2.75, 3.05) is 7.05 Å². The lowest BCUT2D eigenvalue weighted by atomic mass is 10.0. The molecule has 0 amide bonds. The van der Waals surface area contributed by atoms with E-state index in [1.807, 2.05) is 37.4 Å². The maximum atomic E-state index is 6.30. The summed E-state index contributed by atoms with van der Waals surface area (Å²) in [5, 5.41) is 5.14. The van der Waals surface area contributed by atoms with Gasteiger partial charge in [-0.05, 0) is 37.2 Å². The molecule has 1 aromatic heterocycles. The van der Waals surface area contributed by atoms with Crippen LogP contribution >= 0.6 is 11.6 Å². The predicted octanol–water partition coefficient (Wildman–Crippen LogP) is 4.70. The number of halogens is 1. The summed E-state index contributed by atoms with van der Waals surface area (Å²) in [7, 11) is 1.91. The molecule has 3 aromatic rings. The van der Waals surface area contributed by atoms with Gasteiger partial charge in [0.05, 0.1) is 6.04 Å². The van der Waals surface area contributed by atoms with E-state index in [0.29, 0.717) is 0 Å². The fourth-order valence-corrected chi connectivity index (χ4v) is 2.78. The molecule has 0 aliphatic rings. The summed E-state index contributed by atoms with van der Waals surface area (Å²) in [6.45, 7) is 2.06. The molecule has 0 spiro atoms. The molecule has 20 heavy (non-hydrogen) atoms. The molecule has 2 nitrogen and oxygen atoms in total. The fraction of sp³-hybridized carbons (Fsp3) is 0.176. The van der Waals surface area contributed by atoms with E-state index in [9.17, 15) is 0 Å². The first-order valence-corrected chi connectivity index (χ1v) is 6.99. The van der Waals surface area contributed by atoms with E-state index in [1.165, 1.54) is 0 Å². The Kier molecular flexibility index (Phi) is 3.51. The Morgan fingerprint density at radius 3 is 2.60 bits per heavy atom. The van der Waals surface area contributed by atoms with E-state index < -0.39 is 0 Å². The van der Waals surface area contributed by atoms with E-state index in [4.69, 9.17) is 16.0 Å². The van der Waals surface area contributed by atoms with E-state index in [0.717, 1.165) is 32.9 Å². The molecule has 2 aromatic carbocycles. The lowest BCUT2D eigenvalue weighted by Crippen LogP contribution is -2.17. The second-order valence-electron chi connectivity index (χ2n) is 4.89. The summed E-state index contributed by atoms with van der Waals surface area (Å²) < 4.78 is 6.04. The highest BCUT2D eigenvalue weighted by Crippen LogP contribution is 2.32. The van der Waals surface area contributed by atoms with Crippen molar-refractivity contribution in [3.8, 4) is 0 Å². The normalized spacial score (nSPS) is 12.8. The Labute approximate surface area is 123 Å². The summed E-state index contributed by atoms with van der Waals surface area (Å²) in [4.78, 5) is 0. The van der Waals surface area contributed by atoms with Gasteiger partial charge in [-0.25, -0.2) is 0 Å². The smallest absolute Gasteiger partial charge is 0.137 e. The zero-order valence-corrected chi connectivity index (χ0v) is 12.2. The molecule has 3 rings (SSSR count). The number of hydrogen-bond donors (Lipinski definition) is 1. The summed E-state index contributed by atoms with van der Waals surface area (Å²) in [6, 6.07) is 16.0. The Morgan fingerprint density at radius 1 is 1.10 bits per heavy atom. The molecule has 102 valence electrons. The Balaban J connectivity index is 2.12. The number of furan rings is 1. The largest absolute Gasteiger partial charge is 0.459 e.